The standard InChI is InChI=1S/C16H13F3N2O2S2/c1-10-13(7-8-24-10)15-20-14(16(17,18)19)9-21(15)11-3-5-12(6-4-11)25(2,22)23/h3-9H,1-2H3. The monoisotopic (exact) mass is 386 g/mol. The Kier molecular flexibility index (Phi) is 4.24. The van der Waals surface area contributed by atoms with Gasteiger partial charge in [0.2, 0.25) is 0 Å². The Morgan fingerprint density at radius 3 is 2.24 bits per heavy atom. The van der Waals surface area contributed by atoms with E-state index in [4.69, 9.17) is 0 Å². The highest BCUT2D eigenvalue weighted by atomic mass is 32.2. The largest absolute Gasteiger partial charge is 0.434 e. The van der Waals surface area contributed by atoms with E-state index in [9.17, 15) is 21.6 Å². The summed E-state index contributed by atoms with van der Waals surface area (Å²) < 4.78 is 63.7. The lowest BCUT2D eigenvalue weighted by atomic mass is 10.2. The highest BCUT2D eigenvalue weighted by Gasteiger charge is 2.35. The highest BCUT2D eigenvalue weighted by Crippen LogP contribution is 2.34. The van der Waals surface area contributed by atoms with E-state index in [1.54, 1.807) is 18.4 Å². The molecule has 0 amide bonds. The van der Waals surface area contributed by atoms with Gasteiger partial charge in [-0.05, 0) is 42.6 Å². The second-order valence-electron chi connectivity index (χ2n) is 5.47. The summed E-state index contributed by atoms with van der Waals surface area (Å²) in [5.41, 5.74) is 0.00368. The van der Waals surface area contributed by atoms with Gasteiger partial charge < -0.3 is 0 Å². The Balaban J connectivity index is 2.18. The van der Waals surface area contributed by atoms with E-state index < -0.39 is 21.7 Å². The van der Waals surface area contributed by atoms with Gasteiger partial charge in [-0.3, -0.25) is 4.57 Å². The molecule has 1 aromatic carbocycles. The molecule has 0 bridgehead atoms. The summed E-state index contributed by atoms with van der Waals surface area (Å²) in [4.78, 5) is 4.70. The molecule has 132 valence electrons. The van der Waals surface area contributed by atoms with Crippen molar-refractivity contribution in [1.29, 1.82) is 0 Å². The molecule has 3 aromatic rings. The average molecular weight is 386 g/mol. The van der Waals surface area contributed by atoms with E-state index in [1.165, 1.54) is 40.2 Å². The summed E-state index contributed by atoms with van der Waals surface area (Å²) in [6, 6.07) is 7.36. The minimum atomic E-state index is -4.57. The van der Waals surface area contributed by atoms with E-state index >= 15 is 0 Å². The minimum absolute atomic E-state index is 0.0978. The van der Waals surface area contributed by atoms with Crippen molar-refractivity contribution in [2.45, 2.75) is 18.0 Å². The van der Waals surface area contributed by atoms with Crippen LogP contribution < -0.4 is 0 Å². The number of hydrogen-bond acceptors (Lipinski definition) is 4. The number of aromatic nitrogens is 2. The lowest BCUT2D eigenvalue weighted by Gasteiger charge is -2.08. The fraction of sp³-hybridized carbons (Fsp3) is 0.188. The number of benzene rings is 1. The predicted molar refractivity (Wildman–Crippen MR) is 89.7 cm³/mol. The smallest absolute Gasteiger partial charge is 0.299 e. The van der Waals surface area contributed by atoms with Crippen LogP contribution in [0.2, 0.25) is 0 Å². The average Bonchev–Trinajstić information content (AvgIpc) is 3.11. The molecule has 0 aliphatic rings. The van der Waals surface area contributed by atoms with Crippen LogP contribution in [0.25, 0.3) is 17.1 Å². The van der Waals surface area contributed by atoms with Gasteiger partial charge >= 0.3 is 6.18 Å². The molecular weight excluding hydrogens is 373 g/mol. The lowest BCUT2D eigenvalue weighted by molar-refractivity contribution is -0.140. The second kappa shape index (κ2) is 5.99. The molecule has 0 N–H and O–H groups in total. The molecule has 25 heavy (non-hydrogen) atoms. The summed E-state index contributed by atoms with van der Waals surface area (Å²) in [5.74, 6) is 0.165. The molecule has 3 rings (SSSR count). The van der Waals surface area contributed by atoms with E-state index in [0.29, 0.717) is 11.3 Å². The molecule has 0 fully saturated rings. The van der Waals surface area contributed by atoms with Crippen molar-refractivity contribution in [3.8, 4) is 17.1 Å². The number of halogens is 3. The van der Waals surface area contributed by atoms with Crippen LogP contribution in [0.4, 0.5) is 13.2 Å². The quantitative estimate of drug-likeness (QED) is 0.673. The van der Waals surface area contributed by atoms with Gasteiger partial charge in [0, 0.05) is 28.6 Å². The molecule has 4 nitrogen and oxygen atoms in total. The Morgan fingerprint density at radius 1 is 1.12 bits per heavy atom. The number of sulfone groups is 1. The van der Waals surface area contributed by atoms with Crippen LogP contribution in [0.3, 0.4) is 0 Å². The van der Waals surface area contributed by atoms with Gasteiger partial charge in [0.25, 0.3) is 0 Å². The number of rotatable bonds is 3. The molecule has 0 aliphatic heterocycles. The van der Waals surface area contributed by atoms with Crippen LogP contribution in [0.15, 0.2) is 46.8 Å². The molecule has 2 heterocycles. The molecule has 0 saturated carbocycles. The van der Waals surface area contributed by atoms with Crippen LogP contribution >= 0.6 is 11.3 Å². The molecular formula is C16H13F3N2O2S2. The highest BCUT2D eigenvalue weighted by molar-refractivity contribution is 7.90. The van der Waals surface area contributed by atoms with Crippen molar-refractivity contribution in [2.75, 3.05) is 6.26 Å². The predicted octanol–water partition coefficient (Wildman–Crippen LogP) is 4.33. The number of hydrogen-bond donors (Lipinski definition) is 0. The number of nitrogens with zero attached hydrogens (tertiary/aromatic N) is 2. The van der Waals surface area contributed by atoms with E-state index in [0.717, 1.165) is 17.3 Å². The van der Waals surface area contributed by atoms with Crippen LogP contribution in [0, 0.1) is 6.92 Å². The van der Waals surface area contributed by atoms with Gasteiger partial charge in [0.05, 0.1) is 4.90 Å². The third kappa shape index (κ3) is 3.47. The Labute approximate surface area is 146 Å². The molecule has 0 aliphatic carbocycles. The molecule has 9 heteroatoms. The lowest BCUT2D eigenvalue weighted by Crippen LogP contribution is -2.05. The van der Waals surface area contributed by atoms with Crippen molar-refractivity contribution >= 4 is 21.2 Å². The first kappa shape index (κ1) is 17.7. The molecule has 0 atom stereocenters. The van der Waals surface area contributed by atoms with Gasteiger partial charge in [-0.25, -0.2) is 13.4 Å². The summed E-state index contributed by atoms with van der Waals surface area (Å²) in [7, 11) is -3.38. The van der Waals surface area contributed by atoms with Crippen molar-refractivity contribution in [2.24, 2.45) is 0 Å². The minimum Gasteiger partial charge on any atom is -0.299 e. The first-order valence-electron chi connectivity index (χ1n) is 7.09. The first-order chi connectivity index (χ1) is 11.6. The van der Waals surface area contributed by atoms with Gasteiger partial charge in [-0.2, -0.15) is 13.2 Å². The van der Waals surface area contributed by atoms with E-state index in [1.807, 2.05) is 0 Å². The fourth-order valence-corrected chi connectivity index (χ4v) is 3.70. The van der Waals surface area contributed by atoms with Crippen molar-refractivity contribution in [3.63, 3.8) is 0 Å². The summed E-state index contributed by atoms with van der Waals surface area (Å²) in [5, 5.41) is 1.78. The maximum Gasteiger partial charge on any atom is 0.434 e. The zero-order valence-corrected chi connectivity index (χ0v) is 14.8. The molecule has 0 spiro atoms. The maximum absolute atomic E-state index is 13.1. The van der Waals surface area contributed by atoms with Crippen molar-refractivity contribution in [1.82, 2.24) is 9.55 Å². The van der Waals surface area contributed by atoms with E-state index in [2.05, 4.69) is 4.98 Å². The second-order valence-corrected chi connectivity index (χ2v) is 8.61. The summed E-state index contributed by atoms with van der Waals surface area (Å²) in [6.07, 6.45) is -2.58. The molecule has 2 aromatic heterocycles. The topological polar surface area (TPSA) is 52.0 Å². The maximum atomic E-state index is 13.1. The Bertz CT molecular complexity index is 1020. The van der Waals surface area contributed by atoms with Gasteiger partial charge in [-0.1, -0.05) is 0 Å². The van der Waals surface area contributed by atoms with E-state index in [-0.39, 0.29) is 10.7 Å². The van der Waals surface area contributed by atoms with Gasteiger partial charge in [0.1, 0.15) is 5.82 Å². The van der Waals surface area contributed by atoms with Crippen LogP contribution in [-0.2, 0) is 16.0 Å². The molecule has 0 unspecified atom stereocenters. The van der Waals surface area contributed by atoms with Crippen LogP contribution in [0.5, 0.6) is 0 Å². The number of aryl methyl sites for hydroxylation is 1. The zero-order chi connectivity index (χ0) is 18.4. The van der Waals surface area contributed by atoms with Crippen molar-refractivity contribution < 1.29 is 21.6 Å². The number of imidazole rings is 1. The molecule has 0 saturated heterocycles. The fourth-order valence-electron chi connectivity index (χ4n) is 2.37. The van der Waals surface area contributed by atoms with Crippen LogP contribution in [-0.4, -0.2) is 24.2 Å². The number of thiophene rings is 1. The SMILES string of the molecule is Cc1sccc1-c1nc(C(F)(F)F)cn1-c1ccc(S(C)(=O)=O)cc1. The Hall–Kier alpha value is -2.13. The summed E-state index contributed by atoms with van der Waals surface area (Å²) in [6.45, 7) is 1.80. The van der Waals surface area contributed by atoms with Gasteiger partial charge in [0.15, 0.2) is 15.5 Å². The number of alkyl halides is 3. The molecule has 0 radical (unpaired) electrons. The first-order valence-corrected chi connectivity index (χ1v) is 9.86. The Morgan fingerprint density at radius 2 is 1.76 bits per heavy atom. The summed E-state index contributed by atoms with van der Waals surface area (Å²) >= 11 is 1.41. The van der Waals surface area contributed by atoms with Crippen molar-refractivity contribution in [3.05, 3.63) is 52.5 Å². The zero-order valence-electron chi connectivity index (χ0n) is 13.2. The third-order valence-corrected chi connectivity index (χ3v) is 5.61. The third-order valence-electron chi connectivity index (χ3n) is 3.64. The normalized spacial score (nSPS) is 12.5. The van der Waals surface area contributed by atoms with Crippen LogP contribution in [0.1, 0.15) is 10.6 Å². The van der Waals surface area contributed by atoms with Gasteiger partial charge in [-0.15, -0.1) is 11.3 Å².